The van der Waals surface area contributed by atoms with E-state index in [-0.39, 0.29) is 5.91 Å². The lowest BCUT2D eigenvalue weighted by atomic mass is 10.2. The van der Waals surface area contributed by atoms with Gasteiger partial charge in [0.25, 0.3) is 5.91 Å². The largest absolute Gasteiger partial charge is 0.495 e. The zero-order chi connectivity index (χ0) is 19.2. The van der Waals surface area contributed by atoms with E-state index in [0.29, 0.717) is 39.2 Å². The van der Waals surface area contributed by atoms with Gasteiger partial charge in [-0.3, -0.25) is 4.79 Å². The zero-order valence-corrected chi connectivity index (χ0v) is 15.0. The van der Waals surface area contributed by atoms with Crippen LogP contribution in [0.25, 0.3) is 0 Å². The number of carbonyl (C=O) groups excluding carboxylic acids is 1. The van der Waals surface area contributed by atoms with Crippen LogP contribution in [0.15, 0.2) is 54.9 Å². The molecule has 3 aromatic rings. The minimum Gasteiger partial charge on any atom is -0.495 e. The molecule has 0 radical (unpaired) electrons. The van der Waals surface area contributed by atoms with Crippen molar-refractivity contribution in [1.82, 2.24) is 9.97 Å². The van der Waals surface area contributed by atoms with E-state index in [4.69, 9.17) is 21.6 Å². The summed E-state index contributed by atoms with van der Waals surface area (Å²) in [6.45, 7) is 0. The number of rotatable bonds is 5. The number of benzene rings is 2. The van der Waals surface area contributed by atoms with Crippen LogP contribution >= 0.6 is 11.6 Å². The predicted molar refractivity (Wildman–Crippen MR) is 102 cm³/mol. The van der Waals surface area contributed by atoms with Gasteiger partial charge in [-0.25, -0.2) is 9.97 Å². The van der Waals surface area contributed by atoms with Gasteiger partial charge in [-0.05, 0) is 36.4 Å². The number of amides is 1. The van der Waals surface area contributed by atoms with Gasteiger partial charge in [-0.1, -0.05) is 17.7 Å². The Hall–Kier alpha value is -3.63. The Balaban J connectivity index is 1.68. The first-order valence-electron chi connectivity index (χ1n) is 7.83. The number of carbonyl (C=O) groups is 1. The van der Waals surface area contributed by atoms with Gasteiger partial charge in [-0.2, -0.15) is 5.26 Å². The van der Waals surface area contributed by atoms with Crippen molar-refractivity contribution in [1.29, 1.82) is 5.26 Å². The average molecular weight is 380 g/mol. The Morgan fingerprint density at radius 3 is 2.59 bits per heavy atom. The number of halogens is 1. The second-order valence-electron chi connectivity index (χ2n) is 5.42. The maximum Gasteiger partial charge on any atom is 0.258 e. The number of anilines is 3. The third-order valence-corrected chi connectivity index (χ3v) is 3.87. The summed E-state index contributed by atoms with van der Waals surface area (Å²) in [5.74, 6) is 0.470. The molecule has 8 heteroatoms. The van der Waals surface area contributed by atoms with Crippen LogP contribution in [0.3, 0.4) is 0 Å². The van der Waals surface area contributed by atoms with Crippen LogP contribution in [0.1, 0.15) is 15.9 Å². The van der Waals surface area contributed by atoms with E-state index in [1.165, 1.54) is 19.5 Å². The van der Waals surface area contributed by atoms with Crippen molar-refractivity contribution >= 4 is 34.8 Å². The molecular weight excluding hydrogens is 366 g/mol. The van der Waals surface area contributed by atoms with E-state index >= 15 is 0 Å². The summed E-state index contributed by atoms with van der Waals surface area (Å²) in [6, 6.07) is 13.9. The van der Waals surface area contributed by atoms with Crippen LogP contribution < -0.4 is 15.4 Å². The highest BCUT2D eigenvalue weighted by Gasteiger charge is 2.10. The average Bonchev–Trinajstić information content (AvgIpc) is 2.69. The Kier molecular flexibility index (Phi) is 5.50. The summed E-state index contributed by atoms with van der Waals surface area (Å²) < 4.78 is 5.08. The van der Waals surface area contributed by atoms with Crippen molar-refractivity contribution in [2.75, 3.05) is 17.7 Å². The molecule has 0 aliphatic heterocycles. The SMILES string of the molecule is COc1ccc(NC(=O)c2cnc(Nc3cccc(C#N)c3)nc2)cc1Cl. The Morgan fingerprint density at radius 2 is 1.93 bits per heavy atom. The van der Waals surface area contributed by atoms with Crippen LogP contribution in [-0.4, -0.2) is 23.0 Å². The molecule has 134 valence electrons. The van der Waals surface area contributed by atoms with Crippen molar-refractivity contribution in [2.45, 2.75) is 0 Å². The molecule has 1 aromatic heterocycles. The number of nitrogens with zero attached hydrogens (tertiary/aromatic N) is 3. The Morgan fingerprint density at radius 1 is 1.15 bits per heavy atom. The number of hydrogen-bond acceptors (Lipinski definition) is 6. The molecular formula is C19H14ClN5O2. The maximum absolute atomic E-state index is 12.3. The molecule has 1 amide bonds. The topological polar surface area (TPSA) is 99.9 Å². The highest BCUT2D eigenvalue weighted by molar-refractivity contribution is 6.32. The first kappa shape index (κ1) is 18.2. The molecule has 0 spiro atoms. The fourth-order valence-corrected chi connectivity index (χ4v) is 2.51. The predicted octanol–water partition coefficient (Wildman–Crippen LogP) is 4.01. The first-order chi connectivity index (χ1) is 13.1. The second kappa shape index (κ2) is 8.17. The maximum atomic E-state index is 12.3. The van der Waals surface area contributed by atoms with E-state index < -0.39 is 0 Å². The molecule has 7 nitrogen and oxygen atoms in total. The van der Waals surface area contributed by atoms with Crippen molar-refractivity contribution in [3.63, 3.8) is 0 Å². The highest BCUT2D eigenvalue weighted by Crippen LogP contribution is 2.27. The van der Waals surface area contributed by atoms with Gasteiger partial charge < -0.3 is 15.4 Å². The van der Waals surface area contributed by atoms with Gasteiger partial charge in [0.1, 0.15) is 5.75 Å². The molecule has 27 heavy (non-hydrogen) atoms. The zero-order valence-electron chi connectivity index (χ0n) is 14.2. The second-order valence-corrected chi connectivity index (χ2v) is 5.82. The number of methoxy groups -OCH3 is 1. The van der Waals surface area contributed by atoms with Crippen molar-refractivity contribution in [3.8, 4) is 11.8 Å². The van der Waals surface area contributed by atoms with E-state index in [1.807, 2.05) is 0 Å². The monoisotopic (exact) mass is 379 g/mol. The molecule has 1 heterocycles. The van der Waals surface area contributed by atoms with E-state index in [0.717, 1.165) is 0 Å². The summed E-state index contributed by atoms with van der Waals surface area (Å²) in [4.78, 5) is 20.6. The molecule has 0 saturated carbocycles. The Bertz CT molecular complexity index is 1020. The number of nitriles is 1. The molecule has 0 saturated heterocycles. The molecule has 0 unspecified atom stereocenters. The molecule has 0 fully saturated rings. The van der Waals surface area contributed by atoms with Crippen molar-refractivity contribution in [3.05, 3.63) is 71.0 Å². The lowest BCUT2D eigenvalue weighted by Crippen LogP contribution is -2.13. The number of nitrogens with one attached hydrogen (secondary N) is 2. The number of aromatic nitrogens is 2. The van der Waals surface area contributed by atoms with Gasteiger partial charge in [0, 0.05) is 23.8 Å². The van der Waals surface area contributed by atoms with E-state index in [2.05, 4.69) is 26.7 Å². The van der Waals surface area contributed by atoms with Crippen LogP contribution in [0, 0.1) is 11.3 Å². The fourth-order valence-electron chi connectivity index (χ4n) is 2.25. The van der Waals surface area contributed by atoms with Crippen LogP contribution in [0.2, 0.25) is 5.02 Å². The third-order valence-electron chi connectivity index (χ3n) is 3.57. The summed E-state index contributed by atoms with van der Waals surface area (Å²) in [5.41, 5.74) is 2.02. The van der Waals surface area contributed by atoms with Gasteiger partial charge in [0.05, 0.1) is 29.3 Å². The standard InChI is InChI=1S/C19H14ClN5O2/c1-27-17-6-5-15(8-16(17)20)24-18(26)13-10-22-19(23-11-13)25-14-4-2-3-12(7-14)9-21/h2-8,10-11H,1H3,(H,24,26)(H,22,23,25). The summed E-state index contributed by atoms with van der Waals surface area (Å²) in [6.07, 6.45) is 2.81. The highest BCUT2D eigenvalue weighted by atomic mass is 35.5. The van der Waals surface area contributed by atoms with Crippen LogP contribution in [0.5, 0.6) is 5.75 Å². The van der Waals surface area contributed by atoms with Crippen molar-refractivity contribution < 1.29 is 9.53 Å². The lowest BCUT2D eigenvalue weighted by Gasteiger charge is -2.08. The molecule has 2 aromatic carbocycles. The first-order valence-corrected chi connectivity index (χ1v) is 8.21. The third kappa shape index (κ3) is 4.51. The molecule has 0 atom stereocenters. The molecule has 2 N–H and O–H groups in total. The molecule has 0 aliphatic rings. The summed E-state index contributed by atoms with van der Waals surface area (Å²) in [7, 11) is 1.52. The van der Waals surface area contributed by atoms with Gasteiger partial charge in [0.15, 0.2) is 0 Å². The lowest BCUT2D eigenvalue weighted by molar-refractivity contribution is 0.102. The normalized spacial score (nSPS) is 9.96. The Labute approximate surface area is 160 Å². The summed E-state index contributed by atoms with van der Waals surface area (Å²) in [5, 5.41) is 15.0. The smallest absolute Gasteiger partial charge is 0.258 e. The quantitative estimate of drug-likeness (QED) is 0.694. The number of hydrogen-bond donors (Lipinski definition) is 2. The summed E-state index contributed by atoms with van der Waals surface area (Å²) >= 11 is 6.05. The van der Waals surface area contributed by atoms with Crippen molar-refractivity contribution in [2.24, 2.45) is 0 Å². The van der Waals surface area contributed by atoms with Gasteiger partial charge in [0.2, 0.25) is 5.95 Å². The molecule has 0 bridgehead atoms. The van der Waals surface area contributed by atoms with E-state index in [1.54, 1.807) is 42.5 Å². The van der Waals surface area contributed by atoms with Crippen LogP contribution in [-0.2, 0) is 0 Å². The number of ether oxygens (including phenoxy) is 1. The van der Waals surface area contributed by atoms with Gasteiger partial charge >= 0.3 is 0 Å². The molecule has 0 aliphatic carbocycles. The van der Waals surface area contributed by atoms with Gasteiger partial charge in [-0.15, -0.1) is 0 Å². The van der Waals surface area contributed by atoms with Crippen LogP contribution in [0.4, 0.5) is 17.3 Å². The van der Waals surface area contributed by atoms with E-state index in [9.17, 15) is 4.79 Å². The fraction of sp³-hybridized carbons (Fsp3) is 0.0526. The molecule has 3 rings (SSSR count). The minimum absolute atomic E-state index is 0.290. The minimum atomic E-state index is -0.366.